The van der Waals surface area contributed by atoms with Gasteiger partial charge in [0, 0.05) is 13.1 Å². The molecule has 0 spiro atoms. The highest BCUT2D eigenvalue weighted by atomic mass is 32.1. The van der Waals surface area contributed by atoms with Crippen molar-refractivity contribution in [3.8, 4) is 5.19 Å². The zero-order valence-electron chi connectivity index (χ0n) is 5.78. The van der Waals surface area contributed by atoms with E-state index in [2.05, 4.69) is 15.5 Å². The summed E-state index contributed by atoms with van der Waals surface area (Å²) in [6.07, 6.45) is 0.252. The zero-order valence-corrected chi connectivity index (χ0v) is 6.60. The van der Waals surface area contributed by atoms with Gasteiger partial charge in [-0.3, -0.25) is 0 Å². The fourth-order valence-corrected chi connectivity index (χ4v) is 1.28. The van der Waals surface area contributed by atoms with Gasteiger partial charge >= 0.3 is 0 Å². The van der Waals surface area contributed by atoms with E-state index >= 15 is 0 Å². The Morgan fingerprint density at radius 1 is 1.55 bits per heavy atom. The van der Waals surface area contributed by atoms with Crippen LogP contribution in [0.4, 0.5) is 5.13 Å². The van der Waals surface area contributed by atoms with Gasteiger partial charge in [0.05, 0.1) is 0 Å². The first-order chi connectivity index (χ1) is 5.34. The number of hydrogen-bond donors (Lipinski definition) is 2. The summed E-state index contributed by atoms with van der Waals surface area (Å²) >= 11 is 1.27. The summed E-state index contributed by atoms with van der Waals surface area (Å²) in [5, 5.41) is 11.5. The smallest absolute Gasteiger partial charge is 0.296 e. The maximum atomic E-state index is 5.37. The van der Waals surface area contributed by atoms with Crippen molar-refractivity contribution < 1.29 is 4.74 Å². The summed E-state index contributed by atoms with van der Waals surface area (Å²) in [5.74, 6) is 0. The average Bonchev–Trinajstić information content (AvgIpc) is 2.27. The van der Waals surface area contributed by atoms with Crippen LogP contribution in [-0.2, 0) is 0 Å². The summed E-state index contributed by atoms with van der Waals surface area (Å²) < 4.78 is 5.37. The van der Waals surface area contributed by atoms with Crippen LogP contribution in [0, 0.1) is 0 Å². The van der Waals surface area contributed by atoms with E-state index in [1.165, 1.54) is 11.3 Å². The van der Waals surface area contributed by atoms with Gasteiger partial charge in [0.25, 0.3) is 5.19 Å². The molecule has 2 heterocycles. The highest BCUT2D eigenvalue weighted by Crippen LogP contribution is 2.20. The number of ether oxygens (including phenoxy) is 1. The van der Waals surface area contributed by atoms with Crippen molar-refractivity contribution in [3.63, 3.8) is 0 Å². The van der Waals surface area contributed by atoms with E-state index in [9.17, 15) is 0 Å². The maximum absolute atomic E-state index is 5.37. The first-order valence-electron chi connectivity index (χ1n) is 3.31. The lowest BCUT2D eigenvalue weighted by Crippen LogP contribution is -2.50. The predicted molar refractivity (Wildman–Crippen MR) is 41.6 cm³/mol. The molecule has 1 aliphatic rings. The average molecular weight is 172 g/mol. The van der Waals surface area contributed by atoms with Crippen molar-refractivity contribution in [3.05, 3.63) is 0 Å². The Hall–Kier alpha value is -0.880. The molecular formula is C5H8N4OS. The molecule has 3 N–H and O–H groups in total. The molecule has 0 atom stereocenters. The third kappa shape index (κ3) is 1.41. The number of nitrogens with zero attached hydrogens (tertiary/aromatic N) is 2. The van der Waals surface area contributed by atoms with E-state index in [1.54, 1.807) is 0 Å². The molecule has 60 valence electrons. The van der Waals surface area contributed by atoms with Gasteiger partial charge in [-0.1, -0.05) is 5.10 Å². The summed E-state index contributed by atoms with van der Waals surface area (Å²) in [5.41, 5.74) is 5.36. The monoisotopic (exact) mass is 172 g/mol. The second-order valence-electron chi connectivity index (χ2n) is 2.30. The van der Waals surface area contributed by atoms with Crippen LogP contribution < -0.4 is 15.8 Å². The molecule has 2 rings (SSSR count). The summed E-state index contributed by atoms with van der Waals surface area (Å²) in [6.45, 7) is 1.78. The fourth-order valence-electron chi connectivity index (χ4n) is 0.756. The van der Waals surface area contributed by atoms with Crippen LogP contribution in [0.25, 0.3) is 0 Å². The molecule has 6 heteroatoms. The van der Waals surface area contributed by atoms with Crippen LogP contribution in [0.15, 0.2) is 0 Å². The van der Waals surface area contributed by atoms with Gasteiger partial charge in [0.1, 0.15) is 6.10 Å². The number of anilines is 1. The largest absolute Gasteiger partial charge is 0.463 e. The van der Waals surface area contributed by atoms with E-state index in [0.29, 0.717) is 10.3 Å². The molecule has 1 aliphatic heterocycles. The van der Waals surface area contributed by atoms with Crippen LogP contribution >= 0.6 is 11.3 Å². The van der Waals surface area contributed by atoms with Gasteiger partial charge in [0.2, 0.25) is 5.13 Å². The maximum Gasteiger partial charge on any atom is 0.296 e. The van der Waals surface area contributed by atoms with Gasteiger partial charge in [-0.2, -0.15) is 0 Å². The van der Waals surface area contributed by atoms with Crippen LogP contribution in [0.1, 0.15) is 0 Å². The quantitative estimate of drug-likeness (QED) is 0.627. The second-order valence-corrected chi connectivity index (χ2v) is 3.28. The molecule has 0 saturated carbocycles. The molecule has 0 aromatic carbocycles. The summed E-state index contributed by atoms with van der Waals surface area (Å²) in [7, 11) is 0. The van der Waals surface area contributed by atoms with E-state index < -0.39 is 0 Å². The van der Waals surface area contributed by atoms with Gasteiger partial charge in [-0.05, 0) is 11.3 Å². The van der Waals surface area contributed by atoms with E-state index in [1.807, 2.05) is 0 Å². The molecule has 1 fully saturated rings. The van der Waals surface area contributed by atoms with E-state index in [0.717, 1.165) is 13.1 Å². The van der Waals surface area contributed by atoms with Crippen molar-refractivity contribution in [2.75, 3.05) is 18.8 Å². The van der Waals surface area contributed by atoms with Crippen LogP contribution in [-0.4, -0.2) is 29.4 Å². The molecular weight excluding hydrogens is 164 g/mol. The first-order valence-corrected chi connectivity index (χ1v) is 4.12. The lowest BCUT2D eigenvalue weighted by molar-refractivity contribution is 0.140. The molecule has 0 radical (unpaired) electrons. The van der Waals surface area contributed by atoms with Crippen LogP contribution in [0.3, 0.4) is 0 Å². The highest BCUT2D eigenvalue weighted by Gasteiger charge is 2.19. The molecule has 0 bridgehead atoms. The molecule has 5 nitrogen and oxygen atoms in total. The topological polar surface area (TPSA) is 73.1 Å². The number of nitrogens with one attached hydrogen (secondary N) is 1. The van der Waals surface area contributed by atoms with Gasteiger partial charge in [-0.15, -0.1) is 5.10 Å². The van der Waals surface area contributed by atoms with E-state index in [4.69, 9.17) is 10.5 Å². The van der Waals surface area contributed by atoms with Crippen molar-refractivity contribution in [1.29, 1.82) is 0 Å². The minimum absolute atomic E-state index is 0.252. The van der Waals surface area contributed by atoms with Gasteiger partial charge in [0.15, 0.2) is 0 Å². The molecule has 11 heavy (non-hydrogen) atoms. The predicted octanol–water partition coefficient (Wildman–Crippen LogP) is -0.529. The van der Waals surface area contributed by atoms with Gasteiger partial charge < -0.3 is 15.8 Å². The lowest BCUT2D eigenvalue weighted by atomic mass is 10.2. The standard InChI is InChI=1S/C5H8N4OS/c6-4-8-9-5(11-4)10-3-1-7-2-3/h3,7H,1-2H2,(H2,6,8). The Morgan fingerprint density at radius 3 is 2.82 bits per heavy atom. The second kappa shape index (κ2) is 2.63. The van der Waals surface area contributed by atoms with Crippen molar-refractivity contribution in [1.82, 2.24) is 15.5 Å². The molecule has 0 aliphatic carbocycles. The summed E-state index contributed by atoms with van der Waals surface area (Å²) in [6, 6.07) is 0. The van der Waals surface area contributed by atoms with Crippen LogP contribution in [0.2, 0.25) is 0 Å². The highest BCUT2D eigenvalue weighted by molar-refractivity contribution is 7.16. The molecule has 1 aromatic heterocycles. The summed E-state index contributed by atoms with van der Waals surface area (Å²) in [4.78, 5) is 0. The van der Waals surface area contributed by atoms with Crippen molar-refractivity contribution >= 4 is 16.5 Å². The minimum atomic E-state index is 0.252. The first kappa shape index (κ1) is 6.81. The normalized spacial score (nSPS) is 17.8. The molecule has 1 saturated heterocycles. The van der Waals surface area contributed by atoms with Gasteiger partial charge in [-0.25, -0.2) is 0 Å². The fraction of sp³-hybridized carbons (Fsp3) is 0.600. The van der Waals surface area contributed by atoms with E-state index in [-0.39, 0.29) is 6.10 Å². The number of nitrogens with two attached hydrogens (primary N) is 1. The SMILES string of the molecule is Nc1nnc(OC2CNC2)s1. The molecule has 1 aromatic rings. The van der Waals surface area contributed by atoms with Crippen molar-refractivity contribution in [2.45, 2.75) is 6.10 Å². The Kier molecular flexibility index (Phi) is 1.63. The van der Waals surface area contributed by atoms with Crippen LogP contribution in [0.5, 0.6) is 5.19 Å². The number of hydrogen-bond acceptors (Lipinski definition) is 6. The molecule has 0 amide bonds. The lowest BCUT2D eigenvalue weighted by Gasteiger charge is -2.25. The zero-order chi connectivity index (χ0) is 7.68. The molecule has 0 unspecified atom stereocenters. The Morgan fingerprint density at radius 2 is 2.36 bits per heavy atom. The Balaban J connectivity index is 1.95. The number of rotatable bonds is 2. The number of nitrogen functional groups attached to an aromatic ring is 1. The Labute approximate surface area is 67.6 Å². The third-order valence-electron chi connectivity index (χ3n) is 1.43. The minimum Gasteiger partial charge on any atom is -0.463 e. The van der Waals surface area contributed by atoms with Crippen molar-refractivity contribution in [2.24, 2.45) is 0 Å². The third-order valence-corrected chi connectivity index (χ3v) is 2.08. The Bertz CT molecular complexity index is 246. The number of aromatic nitrogens is 2.